The van der Waals surface area contributed by atoms with Crippen LogP contribution in [-0.2, 0) is 6.42 Å². The molecular formula is C15H18ClNO. The van der Waals surface area contributed by atoms with Crippen LogP contribution in [0, 0.1) is 11.8 Å². The molecule has 2 aliphatic rings. The van der Waals surface area contributed by atoms with Crippen molar-refractivity contribution in [2.75, 3.05) is 6.54 Å². The van der Waals surface area contributed by atoms with Gasteiger partial charge in [0.25, 0.3) is 5.91 Å². The normalized spacial score (nSPS) is 22.0. The average Bonchev–Trinajstić information content (AvgIpc) is 3.21. The summed E-state index contributed by atoms with van der Waals surface area (Å²) < 4.78 is 0. The Morgan fingerprint density at radius 3 is 2.89 bits per heavy atom. The van der Waals surface area contributed by atoms with Crippen molar-refractivity contribution in [3.8, 4) is 0 Å². The topological polar surface area (TPSA) is 29.1 Å². The Kier molecular flexibility index (Phi) is 3.06. The van der Waals surface area contributed by atoms with Crippen molar-refractivity contribution in [2.45, 2.75) is 31.6 Å². The second-order valence-corrected chi connectivity index (χ2v) is 5.99. The van der Waals surface area contributed by atoms with Gasteiger partial charge in [-0.25, -0.2) is 0 Å². The van der Waals surface area contributed by atoms with Crippen LogP contribution in [0.2, 0.25) is 0 Å². The summed E-state index contributed by atoms with van der Waals surface area (Å²) >= 11 is 6.55. The van der Waals surface area contributed by atoms with Gasteiger partial charge in [-0.3, -0.25) is 4.79 Å². The number of carbonyl (C=O) groups excluding carboxylic acids is 1. The number of rotatable bonds is 3. The number of fused-ring (bicyclic) bond motifs is 1. The molecule has 1 N–H and O–H groups in total. The van der Waals surface area contributed by atoms with E-state index < -0.39 is 0 Å². The van der Waals surface area contributed by atoms with Gasteiger partial charge < -0.3 is 5.32 Å². The van der Waals surface area contributed by atoms with Crippen molar-refractivity contribution in [3.63, 3.8) is 0 Å². The van der Waals surface area contributed by atoms with Crippen LogP contribution in [0.15, 0.2) is 18.2 Å². The number of carbonyl (C=O) groups is 1. The van der Waals surface area contributed by atoms with E-state index in [2.05, 4.69) is 24.4 Å². The third-order valence-corrected chi connectivity index (χ3v) is 4.85. The molecule has 1 aliphatic heterocycles. The Hall–Kier alpha value is -1.02. The van der Waals surface area contributed by atoms with Crippen LogP contribution in [0.4, 0.5) is 0 Å². The molecule has 1 aromatic carbocycles. The number of hydrogen-bond acceptors (Lipinski definition) is 1. The molecule has 1 amide bonds. The molecule has 1 fully saturated rings. The van der Waals surface area contributed by atoms with E-state index >= 15 is 0 Å². The minimum atomic E-state index is 0.0255. The standard InChI is InChI=1S/C15H18ClNO/c1-9(10-2-3-10)14(16)12-5-4-11-6-7-17-15(18)13(11)8-12/h4-5,8-10,14H,2-3,6-7H2,1H3,(H,17,18). The van der Waals surface area contributed by atoms with Crippen molar-refractivity contribution in [1.29, 1.82) is 0 Å². The summed E-state index contributed by atoms with van der Waals surface area (Å²) in [6, 6.07) is 6.15. The van der Waals surface area contributed by atoms with Crippen molar-refractivity contribution in [2.24, 2.45) is 11.8 Å². The molecule has 18 heavy (non-hydrogen) atoms. The molecule has 0 saturated heterocycles. The molecule has 3 heteroatoms. The van der Waals surface area contributed by atoms with Gasteiger partial charge in [0.2, 0.25) is 0 Å². The minimum Gasteiger partial charge on any atom is -0.352 e. The molecule has 96 valence electrons. The average molecular weight is 264 g/mol. The van der Waals surface area contributed by atoms with Crippen molar-refractivity contribution >= 4 is 17.5 Å². The monoisotopic (exact) mass is 263 g/mol. The molecule has 2 nitrogen and oxygen atoms in total. The summed E-state index contributed by atoms with van der Waals surface area (Å²) in [5, 5.41) is 2.91. The van der Waals surface area contributed by atoms with Crippen LogP contribution in [0.1, 0.15) is 46.6 Å². The fourth-order valence-corrected chi connectivity index (χ4v) is 3.11. The van der Waals surface area contributed by atoms with Gasteiger partial charge in [0, 0.05) is 12.1 Å². The first-order valence-corrected chi connectivity index (χ1v) is 7.15. The first-order chi connectivity index (χ1) is 8.66. The van der Waals surface area contributed by atoms with Crippen LogP contribution in [0.25, 0.3) is 0 Å². The second-order valence-electron chi connectivity index (χ2n) is 5.52. The van der Waals surface area contributed by atoms with Gasteiger partial charge in [0.15, 0.2) is 0 Å². The highest BCUT2D eigenvalue weighted by molar-refractivity contribution is 6.21. The third kappa shape index (κ3) is 2.14. The van der Waals surface area contributed by atoms with Crippen LogP contribution in [0.5, 0.6) is 0 Å². The van der Waals surface area contributed by atoms with Gasteiger partial charge in [0.1, 0.15) is 0 Å². The van der Waals surface area contributed by atoms with Crippen LogP contribution >= 0.6 is 11.6 Å². The van der Waals surface area contributed by atoms with E-state index in [1.165, 1.54) is 12.8 Å². The lowest BCUT2D eigenvalue weighted by Crippen LogP contribution is -2.31. The number of nitrogens with one attached hydrogen (secondary N) is 1. The Balaban J connectivity index is 1.88. The highest BCUT2D eigenvalue weighted by atomic mass is 35.5. The summed E-state index contributed by atoms with van der Waals surface area (Å²) in [5.74, 6) is 1.31. The maximum absolute atomic E-state index is 11.8. The van der Waals surface area contributed by atoms with E-state index in [1.54, 1.807) is 0 Å². The predicted octanol–water partition coefficient (Wildman–Crippen LogP) is 3.30. The molecule has 2 atom stereocenters. The minimum absolute atomic E-state index is 0.0255. The third-order valence-electron chi connectivity index (χ3n) is 4.20. The van der Waals surface area contributed by atoms with Gasteiger partial charge in [-0.1, -0.05) is 19.1 Å². The summed E-state index contributed by atoms with van der Waals surface area (Å²) in [6.07, 6.45) is 3.53. The van der Waals surface area contributed by atoms with Crippen molar-refractivity contribution in [3.05, 3.63) is 34.9 Å². The molecule has 3 rings (SSSR count). The Bertz CT molecular complexity index is 481. The number of halogens is 1. The Morgan fingerprint density at radius 1 is 1.39 bits per heavy atom. The van der Waals surface area contributed by atoms with Gasteiger partial charge in [-0.2, -0.15) is 0 Å². The summed E-state index contributed by atoms with van der Waals surface area (Å²) in [5.41, 5.74) is 3.05. The molecule has 0 spiro atoms. The van der Waals surface area contributed by atoms with E-state index in [1.807, 2.05) is 6.07 Å². The molecule has 2 unspecified atom stereocenters. The molecule has 1 heterocycles. The molecule has 0 bridgehead atoms. The Labute approximate surface area is 113 Å². The smallest absolute Gasteiger partial charge is 0.251 e. The van der Waals surface area contributed by atoms with Gasteiger partial charge in [-0.15, -0.1) is 11.6 Å². The lowest BCUT2D eigenvalue weighted by atomic mass is 9.91. The van der Waals surface area contributed by atoms with Crippen molar-refractivity contribution < 1.29 is 4.79 Å². The number of amides is 1. The molecule has 0 radical (unpaired) electrons. The molecule has 1 saturated carbocycles. The maximum atomic E-state index is 11.8. The summed E-state index contributed by atoms with van der Waals surface area (Å²) in [7, 11) is 0. The van der Waals surface area contributed by atoms with E-state index in [4.69, 9.17) is 11.6 Å². The lowest BCUT2D eigenvalue weighted by molar-refractivity contribution is 0.0946. The lowest BCUT2D eigenvalue weighted by Gasteiger charge is -2.21. The van der Waals surface area contributed by atoms with Crippen molar-refractivity contribution in [1.82, 2.24) is 5.32 Å². The summed E-state index contributed by atoms with van der Waals surface area (Å²) in [4.78, 5) is 11.8. The first-order valence-electron chi connectivity index (χ1n) is 6.72. The number of benzene rings is 1. The molecule has 1 aliphatic carbocycles. The van der Waals surface area contributed by atoms with E-state index in [-0.39, 0.29) is 11.3 Å². The molecule has 0 aromatic heterocycles. The zero-order valence-corrected chi connectivity index (χ0v) is 11.3. The largest absolute Gasteiger partial charge is 0.352 e. The zero-order valence-electron chi connectivity index (χ0n) is 10.6. The quantitative estimate of drug-likeness (QED) is 0.833. The van der Waals surface area contributed by atoms with E-state index in [0.29, 0.717) is 5.92 Å². The highest BCUT2D eigenvalue weighted by Crippen LogP contribution is 2.45. The summed E-state index contributed by atoms with van der Waals surface area (Å²) in [6.45, 7) is 2.96. The van der Waals surface area contributed by atoms with E-state index in [0.717, 1.165) is 35.6 Å². The fraction of sp³-hybridized carbons (Fsp3) is 0.533. The Morgan fingerprint density at radius 2 is 2.17 bits per heavy atom. The van der Waals surface area contributed by atoms with Gasteiger partial charge in [-0.05, 0) is 48.3 Å². The zero-order chi connectivity index (χ0) is 12.7. The second kappa shape index (κ2) is 4.58. The van der Waals surface area contributed by atoms with E-state index in [9.17, 15) is 4.79 Å². The fourth-order valence-electron chi connectivity index (χ4n) is 2.77. The number of hydrogen-bond donors (Lipinski definition) is 1. The van der Waals surface area contributed by atoms with Crippen LogP contribution in [-0.4, -0.2) is 12.5 Å². The maximum Gasteiger partial charge on any atom is 0.251 e. The predicted molar refractivity (Wildman–Crippen MR) is 73.0 cm³/mol. The SMILES string of the molecule is CC(C1CC1)C(Cl)c1ccc2c(c1)C(=O)NCC2. The molecular weight excluding hydrogens is 246 g/mol. The van der Waals surface area contributed by atoms with Gasteiger partial charge >= 0.3 is 0 Å². The van der Waals surface area contributed by atoms with Crippen LogP contribution in [0.3, 0.4) is 0 Å². The molecule has 1 aromatic rings. The van der Waals surface area contributed by atoms with Gasteiger partial charge in [0.05, 0.1) is 5.38 Å². The highest BCUT2D eigenvalue weighted by Gasteiger charge is 2.33. The first kappa shape index (κ1) is 12.0. The number of alkyl halides is 1. The van der Waals surface area contributed by atoms with Crippen LogP contribution < -0.4 is 5.32 Å².